The summed E-state index contributed by atoms with van der Waals surface area (Å²) in [5, 5.41) is 8.01. The number of thiophene rings is 2. The van der Waals surface area contributed by atoms with E-state index in [9.17, 15) is 0 Å². The molecule has 0 radical (unpaired) electrons. The van der Waals surface area contributed by atoms with Crippen LogP contribution in [0.25, 0.3) is 0 Å². The Morgan fingerprint density at radius 1 is 1.22 bits per heavy atom. The number of rotatable bonds is 5. The second-order valence-electron chi connectivity index (χ2n) is 4.60. The molecule has 1 aliphatic heterocycles. The molecule has 1 N–H and O–H groups in total. The monoisotopic (exact) mass is 279 g/mol. The lowest BCUT2D eigenvalue weighted by Crippen LogP contribution is -2.27. The molecule has 0 spiro atoms. The Morgan fingerprint density at radius 2 is 1.94 bits per heavy atom. The van der Waals surface area contributed by atoms with Gasteiger partial charge in [0.25, 0.3) is 0 Å². The highest BCUT2D eigenvalue weighted by Crippen LogP contribution is 2.29. The molecule has 1 aliphatic rings. The lowest BCUT2D eigenvalue weighted by Gasteiger charge is -2.18. The van der Waals surface area contributed by atoms with Crippen molar-refractivity contribution < 1.29 is 4.74 Å². The number of hydrogen-bond donors (Lipinski definition) is 1. The predicted molar refractivity (Wildman–Crippen MR) is 77.4 cm³/mol. The van der Waals surface area contributed by atoms with Crippen molar-refractivity contribution in [3.63, 3.8) is 0 Å². The molecule has 1 fully saturated rings. The first kappa shape index (κ1) is 12.4. The third-order valence-electron chi connectivity index (χ3n) is 3.29. The normalized spacial score (nSPS) is 19.7. The number of ether oxygens (including phenoxy) is 1. The van der Waals surface area contributed by atoms with E-state index >= 15 is 0 Å². The van der Waals surface area contributed by atoms with Crippen LogP contribution >= 0.6 is 22.7 Å². The van der Waals surface area contributed by atoms with Gasteiger partial charge in [-0.05, 0) is 35.2 Å². The Hall–Kier alpha value is -0.680. The van der Waals surface area contributed by atoms with Crippen LogP contribution in [0.5, 0.6) is 0 Å². The second kappa shape index (κ2) is 5.97. The van der Waals surface area contributed by atoms with Crippen LogP contribution in [0.1, 0.15) is 22.2 Å². The van der Waals surface area contributed by atoms with Crippen molar-refractivity contribution in [2.45, 2.75) is 12.5 Å². The highest BCUT2D eigenvalue weighted by molar-refractivity contribution is 7.11. The molecule has 2 aromatic heterocycles. The van der Waals surface area contributed by atoms with Crippen molar-refractivity contribution in [2.24, 2.45) is 5.92 Å². The van der Waals surface area contributed by atoms with Crippen LogP contribution in [0.3, 0.4) is 0 Å². The summed E-state index contributed by atoms with van der Waals surface area (Å²) in [4.78, 5) is 2.80. The Balaban J connectivity index is 1.70. The summed E-state index contributed by atoms with van der Waals surface area (Å²) in [6.07, 6.45) is 1.19. The predicted octanol–water partition coefficient (Wildman–Crippen LogP) is 3.53. The summed E-state index contributed by atoms with van der Waals surface area (Å²) in [6, 6.07) is 9.04. The van der Waals surface area contributed by atoms with Crippen molar-refractivity contribution in [3.8, 4) is 0 Å². The third-order valence-corrected chi connectivity index (χ3v) is 5.16. The molecule has 0 bridgehead atoms. The maximum absolute atomic E-state index is 5.44. The van der Waals surface area contributed by atoms with Crippen LogP contribution in [0.2, 0.25) is 0 Å². The van der Waals surface area contributed by atoms with E-state index < -0.39 is 0 Å². The van der Waals surface area contributed by atoms with E-state index in [0.29, 0.717) is 12.0 Å². The van der Waals surface area contributed by atoms with Crippen molar-refractivity contribution in [3.05, 3.63) is 44.8 Å². The first-order valence-corrected chi connectivity index (χ1v) is 8.07. The molecule has 18 heavy (non-hydrogen) atoms. The Bertz CT molecular complexity index is 412. The molecule has 3 rings (SSSR count). The molecule has 96 valence electrons. The van der Waals surface area contributed by atoms with Gasteiger partial charge in [0.1, 0.15) is 0 Å². The average molecular weight is 279 g/mol. The van der Waals surface area contributed by atoms with E-state index in [0.717, 1.165) is 19.8 Å². The molecule has 1 saturated heterocycles. The minimum absolute atomic E-state index is 0.352. The fraction of sp³-hybridized carbons (Fsp3) is 0.429. The van der Waals surface area contributed by atoms with Gasteiger partial charge in [0.15, 0.2) is 0 Å². The zero-order valence-electron chi connectivity index (χ0n) is 10.2. The van der Waals surface area contributed by atoms with Gasteiger partial charge in [-0.15, -0.1) is 22.7 Å². The van der Waals surface area contributed by atoms with Gasteiger partial charge < -0.3 is 10.1 Å². The highest BCUT2D eigenvalue weighted by atomic mass is 32.1. The maximum atomic E-state index is 5.44. The Labute approximate surface area is 116 Å². The Kier molecular flexibility index (Phi) is 4.10. The number of nitrogens with one attached hydrogen (secondary N) is 1. The van der Waals surface area contributed by atoms with Gasteiger partial charge >= 0.3 is 0 Å². The molecule has 0 aromatic carbocycles. The lowest BCUT2D eigenvalue weighted by atomic mass is 10.1. The van der Waals surface area contributed by atoms with E-state index in [4.69, 9.17) is 4.74 Å². The third kappa shape index (κ3) is 2.83. The first-order chi connectivity index (χ1) is 8.93. The molecule has 2 aromatic rings. The highest BCUT2D eigenvalue weighted by Gasteiger charge is 2.20. The molecule has 0 amide bonds. The van der Waals surface area contributed by atoms with Crippen molar-refractivity contribution in [1.82, 2.24) is 5.32 Å². The summed E-state index contributed by atoms with van der Waals surface area (Å²) >= 11 is 3.65. The van der Waals surface area contributed by atoms with Crippen molar-refractivity contribution in [2.75, 3.05) is 19.8 Å². The van der Waals surface area contributed by atoms with Gasteiger partial charge in [-0.3, -0.25) is 0 Å². The molecule has 3 heterocycles. The van der Waals surface area contributed by atoms with Crippen molar-refractivity contribution in [1.29, 1.82) is 0 Å². The summed E-state index contributed by atoms with van der Waals surface area (Å²) in [7, 11) is 0. The van der Waals surface area contributed by atoms with Crippen LogP contribution < -0.4 is 5.32 Å². The van der Waals surface area contributed by atoms with Gasteiger partial charge in [-0.1, -0.05) is 12.1 Å². The molecule has 0 aliphatic carbocycles. The summed E-state index contributed by atoms with van der Waals surface area (Å²) in [6.45, 7) is 2.88. The summed E-state index contributed by atoms with van der Waals surface area (Å²) in [5.41, 5.74) is 0. The van der Waals surface area contributed by atoms with E-state index in [2.05, 4.69) is 40.3 Å². The van der Waals surface area contributed by atoms with Crippen LogP contribution in [-0.2, 0) is 4.74 Å². The SMILES string of the molecule is c1csc(C(NCC2CCOC2)c2cccs2)c1. The standard InChI is InChI=1S/C14H17NOS2/c1-3-12(17-7-1)14(13-4-2-8-18-13)15-9-11-5-6-16-10-11/h1-4,7-8,11,14-15H,5-6,9-10H2. The fourth-order valence-corrected chi connectivity index (χ4v) is 3.99. The largest absolute Gasteiger partial charge is 0.381 e. The second-order valence-corrected chi connectivity index (χ2v) is 6.56. The van der Waals surface area contributed by atoms with E-state index in [-0.39, 0.29) is 0 Å². The zero-order valence-corrected chi connectivity index (χ0v) is 11.8. The molecule has 2 nitrogen and oxygen atoms in total. The van der Waals surface area contributed by atoms with Gasteiger partial charge in [-0.2, -0.15) is 0 Å². The van der Waals surface area contributed by atoms with Crippen LogP contribution in [0.4, 0.5) is 0 Å². The van der Waals surface area contributed by atoms with Gasteiger partial charge in [0, 0.05) is 22.9 Å². The van der Waals surface area contributed by atoms with Crippen LogP contribution in [0, 0.1) is 5.92 Å². The minimum atomic E-state index is 0.352. The lowest BCUT2D eigenvalue weighted by molar-refractivity contribution is 0.185. The van der Waals surface area contributed by atoms with Crippen molar-refractivity contribution >= 4 is 22.7 Å². The molecule has 1 unspecified atom stereocenters. The smallest absolute Gasteiger partial charge is 0.0764 e. The maximum Gasteiger partial charge on any atom is 0.0764 e. The van der Waals surface area contributed by atoms with E-state index in [1.165, 1.54) is 16.2 Å². The van der Waals surface area contributed by atoms with Crippen LogP contribution in [-0.4, -0.2) is 19.8 Å². The zero-order chi connectivity index (χ0) is 12.2. The fourth-order valence-electron chi connectivity index (χ4n) is 2.28. The van der Waals surface area contributed by atoms with E-state index in [1.807, 2.05) is 22.7 Å². The topological polar surface area (TPSA) is 21.3 Å². The average Bonchev–Trinajstić information content (AvgIpc) is 3.14. The summed E-state index contributed by atoms with van der Waals surface area (Å²) in [5.74, 6) is 0.674. The van der Waals surface area contributed by atoms with E-state index in [1.54, 1.807) is 0 Å². The minimum Gasteiger partial charge on any atom is -0.381 e. The van der Waals surface area contributed by atoms with Gasteiger partial charge in [0.05, 0.1) is 12.6 Å². The molecule has 0 saturated carbocycles. The van der Waals surface area contributed by atoms with Crippen LogP contribution in [0.15, 0.2) is 35.0 Å². The molecule has 4 heteroatoms. The van der Waals surface area contributed by atoms with Gasteiger partial charge in [-0.25, -0.2) is 0 Å². The van der Waals surface area contributed by atoms with Gasteiger partial charge in [0.2, 0.25) is 0 Å². The number of hydrogen-bond acceptors (Lipinski definition) is 4. The Morgan fingerprint density at radius 3 is 2.44 bits per heavy atom. The molecular weight excluding hydrogens is 262 g/mol. The molecular formula is C14H17NOS2. The summed E-state index contributed by atoms with van der Waals surface area (Å²) < 4.78 is 5.44. The quantitative estimate of drug-likeness (QED) is 0.904. The first-order valence-electron chi connectivity index (χ1n) is 6.31. The molecule has 1 atom stereocenters.